The van der Waals surface area contributed by atoms with Gasteiger partial charge in [0.25, 0.3) is 0 Å². The maximum atomic E-state index is 11.1. The van der Waals surface area contributed by atoms with Crippen LogP contribution in [0.4, 0.5) is 5.69 Å². The first kappa shape index (κ1) is 20.5. The number of carboxylic acid groups (broad SMARTS) is 1. The molecular weight excluding hydrogens is 396 g/mol. The smallest absolute Gasteiger partial charge is 0.335 e. The van der Waals surface area contributed by atoms with Crippen molar-refractivity contribution in [1.82, 2.24) is 0 Å². The SMILES string of the molecule is NC(c1ccccc1-c1ccc(Cl)cc1)C1CCN(c2ccc(C(=O)O)cc2)CC1. The van der Waals surface area contributed by atoms with E-state index in [9.17, 15) is 4.79 Å². The molecule has 0 aromatic heterocycles. The van der Waals surface area contributed by atoms with Crippen LogP contribution in [0, 0.1) is 5.92 Å². The molecule has 0 saturated carbocycles. The van der Waals surface area contributed by atoms with Crippen LogP contribution in [0.25, 0.3) is 11.1 Å². The first-order chi connectivity index (χ1) is 14.5. The number of piperidine rings is 1. The van der Waals surface area contributed by atoms with E-state index in [0.29, 0.717) is 11.5 Å². The molecule has 1 atom stereocenters. The Hall–Kier alpha value is -2.82. The molecule has 0 bridgehead atoms. The molecule has 3 aromatic carbocycles. The number of anilines is 1. The summed E-state index contributed by atoms with van der Waals surface area (Å²) in [6.45, 7) is 1.82. The number of nitrogens with zero attached hydrogens (tertiary/aromatic N) is 1. The summed E-state index contributed by atoms with van der Waals surface area (Å²) in [5.41, 5.74) is 11.6. The Morgan fingerprint density at radius 2 is 1.60 bits per heavy atom. The van der Waals surface area contributed by atoms with Crippen molar-refractivity contribution in [2.24, 2.45) is 11.7 Å². The van der Waals surface area contributed by atoms with E-state index in [1.165, 1.54) is 5.56 Å². The van der Waals surface area contributed by atoms with Crippen LogP contribution in [-0.4, -0.2) is 24.2 Å². The van der Waals surface area contributed by atoms with Gasteiger partial charge in [-0.1, -0.05) is 48.0 Å². The summed E-state index contributed by atoms with van der Waals surface area (Å²) in [6, 6.07) is 23.3. The fraction of sp³-hybridized carbons (Fsp3) is 0.240. The lowest BCUT2D eigenvalue weighted by Crippen LogP contribution is -2.37. The van der Waals surface area contributed by atoms with E-state index in [1.54, 1.807) is 12.1 Å². The lowest BCUT2D eigenvalue weighted by molar-refractivity contribution is 0.0697. The van der Waals surface area contributed by atoms with Gasteiger partial charge in [-0.3, -0.25) is 0 Å². The van der Waals surface area contributed by atoms with Gasteiger partial charge in [-0.2, -0.15) is 0 Å². The van der Waals surface area contributed by atoms with Crippen molar-refractivity contribution in [3.63, 3.8) is 0 Å². The van der Waals surface area contributed by atoms with Gasteiger partial charge < -0.3 is 15.7 Å². The lowest BCUT2D eigenvalue weighted by Gasteiger charge is -2.36. The molecule has 4 nitrogen and oxygen atoms in total. The van der Waals surface area contributed by atoms with Crippen LogP contribution in [0.1, 0.15) is 34.8 Å². The summed E-state index contributed by atoms with van der Waals surface area (Å²) in [4.78, 5) is 13.4. The third-order valence-electron chi connectivity index (χ3n) is 6.00. The quantitative estimate of drug-likeness (QED) is 0.562. The van der Waals surface area contributed by atoms with E-state index in [0.717, 1.165) is 47.8 Å². The molecule has 1 aliphatic heterocycles. The third-order valence-corrected chi connectivity index (χ3v) is 6.25. The topological polar surface area (TPSA) is 66.6 Å². The van der Waals surface area contributed by atoms with Gasteiger partial charge in [-0.05, 0) is 71.8 Å². The summed E-state index contributed by atoms with van der Waals surface area (Å²) in [7, 11) is 0. The Morgan fingerprint density at radius 3 is 2.23 bits per heavy atom. The minimum Gasteiger partial charge on any atom is -0.478 e. The van der Waals surface area contributed by atoms with Crippen LogP contribution in [0.5, 0.6) is 0 Å². The van der Waals surface area contributed by atoms with Crippen LogP contribution in [0.2, 0.25) is 5.02 Å². The highest BCUT2D eigenvalue weighted by atomic mass is 35.5. The number of halogens is 1. The Morgan fingerprint density at radius 1 is 0.967 bits per heavy atom. The first-order valence-electron chi connectivity index (χ1n) is 10.2. The molecule has 4 rings (SSSR count). The van der Waals surface area contributed by atoms with Gasteiger partial charge in [-0.25, -0.2) is 4.79 Å². The monoisotopic (exact) mass is 420 g/mol. The average molecular weight is 421 g/mol. The molecule has 0 spiro atoms. The Bertz CT molecular complexity index is 1010. The van der Waals surface area contributed by atoms with E-state index in [4.69, 9.17) is 22.4 Å². The second kappa shape index (κ2) is 8.90. The second-order valence-electron chi connectivity index (χ2n) is 7.80. The van der Waals surface area contributed by atoms with Crippen LogP contribution in [0.15, 0.2) is 72.8 Å². The molecule has 5 heteroatoms. The first-order valence-corrected chi connectivity index (χ1v) is 10.6. The zero-order chi connectivity index (χ0) is 21.1. The summed E-state index contributed by atoms with van der Waals surface area (Å²) in [5, 5.41) is 9.80. The minimum absolute atomic E-state index is 0.0339. The number of hydrogen-bond acceptors (Lipinski definition) is 3. The molecule has 0 amide bonds. The highest BCUT2D eigenvalue weighted by Gasteiger charge is 2.27. The van der Waals surface area contributed by atoms with Crippen molar-refractivity contribution in [3.8, 4) is 11.1 Å². The van der Waals surface area contributed by atoms with Crippen molar-refractivity contribution in [2.45, 2.75) is 18.9 Å². The van der Waals surface area contributed by atoms with Crippen molar-refractivity contribution < 1.29 is 9.90 Å². The van der Waals surface area contributed by atoms with Crippen molar-refractivity contribution in [3.05, 3.63) is 88.9 Å². The molecule has 1 saturated heterocycles. The largest absolute Gasteiger partial charge is 0.478 e. The normalized spacial score (nSPS) is 15.7. The summed E-state index contributed by atoms with van der Waals surface area (Å²) in [6.07, 6.45) is 1.99. The van der Waals surface area contributed by atoms with E-state index >= 15 is 0 Å². The molecule has 30 heavy (non-hydrogen) atoms. The molecule has 1 unspecified atom stereocenters. The van der Waals surface area contributed by atoms with Gasteiger partial charge in [0.15, 0.2) is 0 Å². The Kier molecular flexibility index (Phi) is 6.07. The summed E-state index contributed by atoms with van der Waals surface area (Å²) >= 11 is 6.05. The molecule has 3 N–H and O–H groups in total. The summed E-state index contributed by atoms with van der Waals surface area (Å²) in [5.74, 6) is -0.501. The Balaban J connectivity index is 1.46. The van der Waals surface area contributed by atoms with Gasteiger partial charge in [0.2, 0.25) is 0 Å². The molecule has 1 heterocycles. The molecule has 3 aromatic rings. The van der Waals surface area contributed by atoms with Crippen molar-refractivity contribution in [2.75, 3.05) is 18.0 Å². The number of hydrogen-bond donors (Lipinski definition) is 2. The average Bonchev–Trinajstić information content (AvgIpc) is 2.79. The fourth-order valence-corrected chi connectivity index (χ4v) is 4.39. The second-order valence-corrected chi connectivity index (χ2v) is 8.23. The number of aromatic carboxylic acids is 1. The van der Waals surface area contributed by atoms with Gasteiger partial charge in [-0.15, -0.1) is 0 Å². The maximum Gasteiger partial charge on any atom is 0.335 e. The van der Waals surface area contributed by atoms with Gasteiger partial charge in [0.05, 0.1) is 5.56 Å². The number of benzene rings is 3. The number of rotatable bonds is 5. The zero-order valence-corrected chi connectivity index (χ0v) is 17.4. The van der Waals surface area contributed by atoms with Crippen LogP contribution in [0.3, 0.4) is 0 Å². The van der Waals surface area contributed by atoms with Crippen molar-refractivity contribution >= 4 is 23.3 Å². The predicted octanol–water partition coefficient (Wildman–Crippen LogP) is 5.62. The van der Waals surface area contributed by atoms with E-state index in [-0.39, 0.29) is 6.04 Å². The zero-order valence-electron chi connectivity index (χ0n) is 16.7. The summed E-state index contributed by atoms with van der Waals surface area (Å²) < 4.78 is 0. The van der Waals surface area contributed by atoms with Crippen LogP contribution in [-0.2, 0) is 0 Å². The van der Waals surface area contributed by atoms with E-state index in [2.05, 4.69) is 17.0 Å². The van der Waals surface area contributed by atoms with Gasteiger partial charge >= 0.3 is 5.97 Å². The fourth-order valence-electron chi connectivity index (χ4n) is 4.27. The predicted molar refractivity (Wildman–Crippen MR) is 122 cm³/mol. The van der Waals surface area contributed by atoms with E-state index < -0.39 is 5.97 Å². The number of carbonyl (C=O) groups is 1. The molecule has 1 aliphatic rings. The molecule has 1 fully saturated rings. The lowest BCUT2D eigenvalue weighted by atomic mass is 9.83. The van der Waals surface area contributed by atoms with Crippen LogP contribution >= 0.6 is 11.6 Å². The number of nitrogens with two attached hydrogens (primary N) is 1. The highest BCUT2D eigenvalue weighted by molar-refractivity contribution is 6.30. The third kappa shape index (κ3) is 4.35. The van der Waals surface area contributed by atoms with Crippen molar-refractivity contribution in [1.29, 1.82) is 0 Å². The maximum absolute atomic E-state index is 11.1. The van der Waals surface area contributed by atoms with E-state index in [1.807, 2.05) is 48.5 Å². The molecule has 0 aliphatic carbocycles. The molecular formula is C25H25ClN2O2. The Labute approximate surface area is 181 Å². The molecule has 154 valence electrons. The van der Waals surface area contributed by atoms with Gasteiger partial charge in [0, 0.05) is 29.8 Å². The standard InChI is InChI=1S/C25H25ClN2O2/c26-20-9-5-17(6-10-20)22-3-1-2-4-23(22)24(27)18-13-15-28(16-14-18)21-11-7-19(8-12-21)25(29)30/h1-12,18,24H,13-16,27H2,(H,29,30). The minimum atomic E-state index is -0.898. The highest BCUT2D eigenvalue weighted by Crippen LogP contribution is 2.36. The molecule has 0 radical (unpaired) electrons. The number of carboxylic acids is 1. The van der Waals surface area contributed by atoms with Gasteiger partial charge in [0.1, 0.15) is 0 Å². The van der Waals surface area contributed by atoms with Crippen LogP contribution < -0.4 is 10.6 Å².